The summed E-state index contributed by atoms with van der Waals surface area (Å²) in [5, 5.41) is 12.1. The van der Waals surface area contributed by atoms with Crippen molar-refractivity contribution >= 4 is 13.2 Å². The van der Waals surface area contributed by atoms with E-state index in [1.54, 1.807) is 5.30 Å². The van der Waals surface area contributed by atoms with Gasteiger partial charge in [-0.1, -0.05) is 75.4 Å². The Morgan fingerprint density at radius 2 is 1.03 bits per heavy atom. The first kappa shape index (κ1) is 24.2. The number of benzene rings is 3. The monoisotopic (exact) mass is 458 g/mol. The fraction of sp³-hybridized carbons (Fsp3) is 0.419. The minimum absolute atomic E-state index is 0.171. The maximum Gasteiger partial charge on any atom is 0.0552 e. The summed E-state index contributed by atoms with van der Waals surface area (Å²) in [6, 6.07) is 16.3. The molecule has 2 unspecified atom stereocenters. The van der Waals surface area contributed by atoms with Gasteiger partial charge in [-0.15, -0.1) is 0 Å². The van der Waals surface area contributed by atoms with Crippen LogP contribution in [-0.4, -0.2) is 22.5 Å². The Kier molecular flexibility index (Phi) is 6.86. The molecule has 0 radical (unpaired) electrons. The van der Waals surface area contributed by atoms with Gasteiger partial charge in [-0.25, -0.2) is 0 Å². The van der Waals surface area contributed by atoms with Crippen LogP contribution in [0.15, 0.2) is 42.5 Å². The average Bonchev–Trinajstić information content (AvgIpc) is 2.67. The van der Waals surface area contributed by atoms with E-state index in [4.69, 9.17) is 0 Å². The van der Waals surface area contributed by atoms with Gasteiger partial charge in [0.2, 0.25) is 0 Å². The van der Waals surface area contributed by atoms with E-state index in [-0.39, 0.29) is 6.10 Å². The lowest BCUT2D eigenvalue weighted by Gasteiger charge is -2.40. The summed E-state index contributed by atoms with van der Waals surface area (Å²) in [7, 11) is -0.430. The quantitative estimate of drug-likeness (QED) is 0.395. The molecule has 2 atom stereocenters. The summed E-state index contributed by atoms with van der Waals surface area (Å²) in [5.41, 5.74) is 14.7. The fourth-order valence-electron chi connectivity index (χ4n) is 6.42. The van der Waals surface area contributed by atoms with E-state index in [0.717, 1.165) is 12.8 Å². The third-order valence-electron chi connectivity index (χ3n) is 7.36. The fourth-order valence-corrected chi connectivity index (χ4v) is 10.0. The van der Waals surface area contributed by atoms with E-state index in [0.29, 0.717) is 11.3 Å². The molecule has 174 valence electrons. The number of rotatable bonds is 3. The van der Waals surface area contributed by atoms with Crippen molar-refractivity contribution in [2.24, 2.45) is 0 Å². The highest BCUT2D eigenvalue weighted by Gasteiger charge is 2.36. The van der Waals surface area contributed by atoms with Gasteiger partial charge in [0.15, 0.2) is 0 Å². The second-order valence-electron chi connectivity index (χ2n) is 10.5. The average molecular weight is 459 g/mol. The summed E-state index contributed by atoms with van der Waals surface area (Å²) in [4.78, 5) is 0. The van der Waals surface area contributed by atoms with Crippen molar-refractivity contribution < 1.29 is 5.11 Å². The second kappa shape index (κ2) is 9.36. The van der Waals surface area contributed by atoms with Crippen molar-refractivity contribution in [1.29, 1.82) is 0 Å². The molecule has 0 bridgehead atoms. The lowest BCUT2D eigenvalue weighted by Crippen LogP contribution is -2.33. The van der Waals surface area contributed by atoms with Gasteiger partial charge in [0.05, 0.1) is 6.10 Å². The first-order chi connectivity index (χ1) is 15.6. The number of aryl methyl sites for hydroxylation is 6. The minimum Gasteiger partial charge on any atom is -0.393 e. The highest BCUT2D eigenvalue weighted by atomic mass is 31.1. The summed E-state index contributed by atoms with van der Waals surface area (Å²) >= 11 is 0. The van der Waals surface area contributed by atoms with Crippen LogP contribution in [-0.2, 0) is 0 Å². The normalized spacial score (nSPS) is 23.1. The first-order valence-electron chi connectivity index (χ1n) is 12.3. The molecule has 1 saturated heterocycles. The zero-order valence-electron chi connectivity index (χ0n) is 21.6. The van der Waals surface area contributed by atoms with Crippen molar-refractivity contribution in [3.8, 4) is 22.3 Å². The first-order valence-corrected chi connectivity index (χ1v) is 13.8. The van der Waals surface area contributed by atoms with Gasteiger partial charge in [-0.2, -0.15) is 0 Å². The number of aliphatic hydroxyl groups is 1. The van der Waals surface area contributed by atoms with Gasteiger partial charge < -0.3 is 5.11 Å². The molecule has 3 aromatic rings. The van der Waals surface area contributed by atoms with Crippen molar-refractivity contribution in [3.05, 3.63) is 75.8 Å². The second-order valence-corrected chi connectivity index (χ2v) is 13.5. The molecule has 2 heteroatoms. The Morgan fingerprint density at radius 1 is 0.667 bits per heavy atom. The van der Waals surface area contributed by atoms with E-state index in [1.807, 2.05) is 0 Å². The van der Waals surface area contributed by atoms with Crippen LogP contribution in [0.2, 0.25) is 0 Å². The van der Waals surface area contributed by atoms with Gasteiger partial charge in [-0.05, 0) is 116 Å². The molecule has 0 aromatic heterocycles. The molecule has 4 rings (SSSR count). The third kappa shape index (κ3) is 4.55. The number of hydrogen-bond acceptors (Lipinski definition) is 1. The number of hydrogen-bond donors (Lipinski definition) is 1. The molecule has 0 aliphatic carbocycles. The van der Waals surface area contributed by atoms with Crippen LogP contribution >= 0.6 is 7.92 Å². The Balaban J connectivity index is 2.07. The Hall–Kier alpha value is -1.95. The summed E-state index contributed by atoms with van der Waals surface area (Å²) in [6.45, 7) is 18.2. The van der Waals surface area contributed by atoms with Crippen molar-refractivity contribution in [2.75, 3.05) is 0 Å². The highest BCUT2D eigenvalue weighted by molar-refractivity contribution is 7.67. The Labute approximate surface area is 202 Å². The van der Waals surface area contributed by atoms with E-state index < -0.39 is 7.92 Å². The molecule has 0 spiro atoms. The van der Waals surface area contributed by atoms with Crippen LogP contribution in [0.3, 0.4) is 0 Å². The molecule has 1 N–H and O–H groups in total. The van der Waals surface area contributed by atoms with Gasteiger partial charge in [0.1, 0.15) is 0 Å². The zero-order chi connectivity index (χ0) is 24.0. The molecule has 1 aliphatic rings. The molecule has 1 aliphatic heterocycles. The predicted octanol–water partition coefficient (Wildman–Crippen LogP) is 7.91. The topological polar surface area (TPSA) is 20.2 Å². The predicted molar refractivity (Wildman–Crippen MR) is 146 cm³/mol. The molecule has 3 aromatic carbocycles. The van der Waals surface area contributed by atoms with Gasteiger partial charge in [0, 0.05) is 0 Å². The molecule has 1 nitrogen and oxygen atoms in total. The molecule has 1 fully saturated rings. The lowest BCUT2D eigenvalue weighted by molar-refractivity contribution is 0.149. The Morgan fingerprint density at radius 3 is 1.39 bits per heavy atom. The Bertz CT molecular complexity index is 1060. The largest absolute Gasteiger partial charge is 0.393 e. The van der Waals surface area contributed by atoms with Crippen LogP contribution in [0.4, 0.5) is 0 Å². The molecular formula is C31H39OP. The van der Waals surface area contributed by atoms with E-state index in [1.165, 1.54) is 55.6 Å². The standard InChI is InChI=1S/C31H39OP/c1-18-12-20(3)29(21(4)13-18)27-10-9-11-28(30-22(5)14-19(2)15-23(30)6)31(27)33-24(7)16-26(32)17-25(33)8/h9-15,24-26,32H,16-17H2,1-8H3. The van der Waals surface area contributed by atoms with Crippen molar-refractivity contribution in [1.82, 2.24) is 0 Å². The number of aliphatic hydroxyl groups excluding tert-OH is 1. The summed E-state index contributed by atoms with van der Waals surface area (Å²) < 4.78 is 0. The SMILES string of the molecule is Cc1cc(C)c(-c2cccc(-c3c(C)cc(C)cc3C)c2P2C(C)CC(O)CC2C)c(C)c1. The van der Waals surface area contributed by atoms with Gasteiger partial charge in [0.25, 0.3) is 0 Å². The summed E-state index contributed by atoms with van der Waals surface area (Å²) in [6.07, 6.45) is 1.64. The maximum atomic E-state index is 10.5. The van der Waals surface area contributed by atoms with Crippen molar-refractivity contribution in [2.45, 2.75) is 85.7 Å². The smallest absolute Gasteiger partial charge is 0.0552 e. The van der Waals surface area contributed by atoms with Crippen LogP contribution in [0.5, 0.6) is 0 Å². The highest BCUT2D eigenvalue weighted by Crippen LogP contribution is 2.56. The van der Waals surface area contributed by atoms with Crippen LogP contribution in [0.25, 0.3) is 22.3 Å². The van der Waals surface area contributed by atoms with Crippen LogP contribution < -0.4 is 5.30 Å². The van der Waals surface area contributed by atoms with E-state index in [2.05, 4.69) is 97.9 Å². The lowest BCUT2D eigenvalue weighted by atomic mass is 9.89. The molecular weight excluding hydrogens is 419 g/mol. The third-order valence-corrected chi connectivity index (χ3v) is 10.7. The molecule has 33 heavy (non-hydrogen) atoms. The molecule has 0 saturated carbocycles. The minimum atomic E-state index is -0.430. The van der Waals surface area contributed by atoms with Crippen molar-refractivity contribution in [3.63, 3.8) is 0 Å². The molecule has 0 amide bonds. The maximum absolute atomic E-state index is 10.5. The molecule has 1 heterocycles. The van der Waals surface area contributed by atoms with E-state index >= 15 is 0 Å². The van der Waals surface area contributed by atoms with Gasteiger partial charge in [-0.3, -0.25) is 0 Å². The zero-order valence-corrected chi connectivity index (χ0v) is 22.5. The van der Waals surface area contributed by atoms with Gasteiger partial charge >= 0.3 is 0 Å². The van der Waals surface area contributed by atoms with Crippen LogP contribution in [0.1, 0.15) is 60.1 Å². The van der Waals surface area contributed by atoms with Crippen LogP contribution in [0, 0.1) is 41.5 Å². The summed E-state index contributed by atoms with van der Waals surface area (Å²) in [5.74, 6) is 0. The van der Waals surface area contributed by atoms with E-state index in [9.17, 15) is 5.11 Å².